The lowest BCUT2D eigenvalue weighted by atomic mass is 10.4. The summed E-state index contributed by atoms with van der Waals surface area (Å²) in [5.41, 5.74) is 5.28. The number of rotatable bonds is 6. The van der Waals surface area contributed by atoms with Gasteiger partial charge in [-0.15, -0.1) is 0 Å². The minimum absolute atomic E-state index is 0.108. The van der Waals surface area contributed by atoms with Crippen molar-refractivity contribution >= 4 is 9.84 Å². The van der Waals surface area contributed by atoms with Crippen molar-refractivity contribution in [1.29, 1.82) is 0 Å². The Balaban J connectivity index is 2.53. The summed E-state index contributed by atoms with van der Waals surface area (Å²) in [5.74, 6) is 0.108. The maximum absolute atomic E-state index is 11.7. The molecule has 5 heteroatoms. The molecule has 0 amide bonds. The average Bonchev–Trinajstić information content (AvgIpc) is 2.26. The Bertz CT molecular complexity index is 376. The summed E-state index contributed by atoms with van der Waals surface area (Å²) in [5, 5.41) is 2.96. The molecule has 0 saturated carbocycles. The first-order valence-corrected chi connectivity index (χ1v) is 6.50. The van der Waals surface area contributed by atoms with E-state index >= 15 is 0 Å². The highest BCUT2D eigenvalue weighted by Crippen LogP contribution is 2.08. The Morgan fingerprint density at radius 2 is 1.80 bits per heavy atom. The maximum atomic E-state index is 11.7. The predicted molar refractivity (Wildman–Crippen MR) is 60.4 cm³/mol. The highest BCUT2D eigenvalue weighted by molar-refractivity contribution is 7.91. The van der Waals surface area contributed by atoms with E-state index < -0.39 is 9.84 Å². The lowest BCUT2D eigenvalue weighted by Crippen LogP contribution is -2.27. The number of nitrogens with two attached hydrogens (primary N) is 1. The lowest BCUT2D eigenvalue weighted by molar-refractivity contribution is 0.591. The van der Waals surface area contributed by atoms with Gasteiger partial charge in [0.25, 0.3) is 0 Å². The van der Waals surface area contributed by atoms with Crippen molar-refractivity contribution in [3.05, 3.63) is 30.3 Å². The van der Waals surface area contributed by atoms with Gasteiger partial charge in [0.1, 0.15) is 0 Å². The zero-order chi connectivity index (χ0) is 11.1. The summed E-state index contributed by atoms with van der Waals surface area (Å²) >= 11 is 0. The van der Waals surface area contributed by atoms with Gasteiger partial charge in [-0.25, -0.2) is 8.42 Å². The van der Waals surface area contributed by atoms with Crippen LogP contribution in [0.1, 0.15) is 0 Å². The SMILES string of the molecule is NCCNCCS(=O)(=O)c1ccccc1. The topological polar surface area (TPSA) is 72.2 Å². The summed E-state index contributed by atoms with van der Waals surface area (Å²) in [6.45, 7) is 1.60. The Labute approximate surface area is 90.4 Å². The Morgan fingerprint density at radius 1 is 1.13 bits per heavy atom. The van der Waals surface area contributed by atoms with Gasteiger partial charge >= 0.3 is 0 Å². The van der Waals surface area contributed by atoms with E-state index in [-0.39, 0.29) is 5.75 Å². The fraction of sp³-hybridized carbons (Fsp3) is 0.400. The van der Waals surface area contributed by atoms with Crippen LogP contribution >= 0.6 is 0 Å². The van der Waals surface area contributed by atoms with Gasteiger partial charge in [0, 0.05) is 19.6 Å². The van der Waals surface area contributed by atoms with Crippen molar-refractivity contribution in [3.8, 4) is 0 Å². The van der Waals surface area contributed by atoms with Crippen molar-refractivity contribution in [2.24, 2.45) is 5.73 Å². The first-order chi connectivity index (χ1) is 7.17. The van der Waals surface area contributed by atoms with Gasteiger partial charge in [-0.2, -0.15) is 0 Å². The van der Waals surface area contributed by atoms with Crippen LogP contribution < -0.4 is 11.1 Å². The fourth-order valence-corrected chi connectivity index (χ4v) is 2.40. The smallest absolute Gasteiger partial charge is 0.179 e. The van der Waals surface area contributed by atoms with E-state index in [0.29, 0.717) is 24.5 Å². The highest BCUT2D eigenvalue weighted by Gasteiger charge is 2.12. The maximum Gasteiger partial charge on any atom is 0.179 e. The van der Waals surface area contributed by atoms with Gasteiger partial charge in [-0.3, -0.25) is 0 Å². The van der Waals surface area contributed by atoms with Crippen LogP contribution in [0.2, 0.25) is 0 Å². The summed E-state index contributed by atoms with van der Waals surface area (Å²) in [6, 6.07) is 8.46. The third kappa shape index (κ3) is 3.99. The van der Waals surface area contributed by atoms with Crippen molar-refractivity contribution in [2.75, 3.05) is 25.4 Å². The van der Waals surface area contributed by atoms with Crippen molar-refractivity contribution in [3.63, 3.8) is 0 Å². The van der Waals surface area contributed by atoms with E-state index in [1.807, 2.05) is 0 Å². The molecule has 0 atom stereocenters. The molecule has 0 aliphatic heterocycles. The second-order valence-electron chi connectivity index (χ2n) is 3.17. The summed E-state index contributed by atoms with van der Waals surface area (Å²) < 4.78 is 23.4. The molecule has 15 heavy (non-hydrogen) atoms. The summed E-state index contributed by atoms with van der Waals surface area (Å²) in [7, 11) is -3.14. The summed E-state index contributed by atoms with van der Waals surface area (Å²) in [6.07, 6.45) is 0. The molecule has 0 heterocycles. The Hall–Kier alpha value is -0.910. The molecule has 0 aromatic heterocycles. The van der Waals surface area contributed by atoms with Crippen LogP contribution in [-0.4, -0.2) is 33.8 Å². The van der Waals surface area contributed by atoms with Crippen LogP contribution in [0.15, 0.2) is 35.2 Å². The van der Waals surface area contributed by atoms with Gasteiger partial charge < -0.3 is 11.1 Å². The molecule has 3 N–H and O–H groups in total. The van der Waals surface area contributed by atoms with E-state index in [1.165, 1.54) is 0 Å². The molecule has 0 fully saturated rings. The average molecular weight is 228 g/mol. The molecule has 0 aliphatic rings. The zero-order valence-corrected chi connectivity index (χ0v) is 9.33. The molecule has 1 aromatic rings. The molecular formula is C10H16N2O2S. The minimum Gasteiger partial charge on any atom is -0.329 e. The van der Waals surface area contributed by atoms with Crippen molar-refractivity contribution < 1.29 is 8.42 Å². The highest BCUT2D eigenvalue weighted by atomic mass is 32.2. The zero-order valence-electron chi connectivity index (χ0n) is 8.52. The normalized spacial score (nSPS) is 11.5. The number of hydrogen-bond donors (Lipinski definition) is 2. The molecule has 0 radical (unpaired) electrons. The lowest BCUT2D eigenvalue weighted by Gasteiger charge is -2.04. The van der Waals surface area contributed by atoms with E-state index in [4.69, 9.17) is 5.73 Å². The quantitative estimate of drug-likeness (QED) is 0.673. The number of benzene rings is 1. The fourth-order valence-electron chi connectivity index (χ4n) is 1.18. The third-order valence-corrected chi connectivity index (χ3v) is 3.70. The summed E-state index contributed by atoms with van der Waals surface area (Å²) in [4.78, 5) is 0.375. The molecular weight excluding hydrogens is 212 g/mol. The van der Waals surface area contributed by atoms with Gasteiger partial charge in [0.15, 0.2) is 9.84 Å². The van der Waals surface area contributed by atoms with Gasteiger partial charge in [-0.1, -0.05) is 18.2 Å². The molecule has 0 bridgehead atoms. The second kappa shape index (κ2) is 5.85. The molecule has 1 aromatic carbocycles. The molecule has 4 nitrogen and oxygen atoms in total. The van der Waals surface area contributed by atoms with Crippen LogP contribution in [0.25, 0.3) is 0 Å². The van der Waals surface area contributed by atoms with Gasteiger partial charge in [0.2, 0.25) is 0 Å². The van der Waals surface area contributed by atoms with Crippen LogP contribution in [-0.2, 0) is 9.84 Å². The minimum atomic E-state index is -3.14. The van der Waals surface area contributed by atoms with Crippen molar-refractivity contribution in [2.45, 2.75) is 4.90 Å². The standard InChI is InChI=1S/C10H16N2O2S/c11-6-7-12-8-9-15(13,14)10-4-2-1-3-5-10/h1-5,12H,6-9,11H2. The molecule has 0 aliphatic carbocycles. The Morgan fingerprint density at radius 3 is 2.40 bits per heavy atom. The van der Waals surface area contributed by atoms with E-state index in [1.54, 1.807) is 30.3 Å². The molecule has 0 saturated heterocycles. The van der Waals surface area contributed by atoms with Gasteiger partial charge in [-0.05, 0) is 12.1 Å². The monoisotopic (exact) mass is 228 g/mol. The predicted octanol–water partition coefficient (Wildman–Crippen LogP) is 0.00860. The second-order valence-corrected chi connectivity index (χ2v) is 5.28. The van der Waals surface area contributed by atoms with Crippen LogP contribution in [0.5, 0.6) is 0 Å². The third-order valence-electron chi connectivity index (χ3n) is 1.97. The van der Waals surface area contributed by atoms with E-state index in [9.17, 15) is 8.42 Å². The number of nitrogens with one attached hydrogen (secondary N) is 1. The number of hydrogen-bond acceptors (Lipinski definition) is 4. The van der Waals surface area contributed by atoms with Crippen LogP contribution in [0, 0.1) is 0 Å². The first-order valence-electron chi connectivity index (χ1n) is 4.85. The van der Waals surface area contributed by atoms with Crippen molar-refractivity contribution in [1.82, 2.24) is 5.32 Å². The van der Waals surface area contributed by atoms with Gasteiger partial charge in [0.05, 0.1) is 10.6 Å². The molecule has 0 unspecified atom stereocenters. The van der Waals surface area contributed by atoms with E-state index in [2.05, 4.69) is 5.32 Å². The molecule has 1 rings (SSSR count). The molecule has 0 spiro atoms. The van der Waals surface area contributed by atoms with Crippen LogP contribution in [0.4, 0.5) is 0 Å². The number of sulfone groups is 1. The first kappa shape index (κ1) is 12.2. The van der Waals surface area contributed by atoms with Crippen LogP contribution in [0.3, 0.4) is 0 Å². The Kier molecular flexibility index (Phi) is 4.74. The van der Waals surface area contributed by atoms with E-state index in [0.717, 1.165) is 0 Å². The molecule has 84 valence electrons. The largest absolute Gasteiger partial charge is 0.329 e.